The van der Waals surface area contributed by atoms with Crippen molar-refractivity contribution < 1.29 is 9.59 Å². The lowest BCUT2D eigenvalue weighted by molar-refractivity contribution is -0.149. The molecule has 2 unspecified atom stereocenters. The van der Waals surface area contributed by atoms with Crippen LogP contribution in [0.25, 0.3) is 0 Å². The lowest BCUT2D eigenvalue weighted by atomic mass is 9.98. The van der Waals surface area contributed by atoms with Gasteiger partial charge in [0.15, 0.2) is 0 Å². The van der Waals surface area contributed by atoms with E-state index in [0.717, 1.165) is 12.0 Å². The van der Waals surface area contributed by atoms with Gasteiger partial charge in [0.25, 0.3) is 0 Å². The summed E-state index contributed by atoms with van der Waals surface area (Å²) in [4.78, 5) is 30.1. The molecule has 1 aromatic heterocycles. The van der Waals surface area contributed by atoms with Crippen LogP contribution >= 0.6 is 0 Å². The Kier molecular flexibility index (Phi) is 4.37. The normalized spacial score (nSPS) is 23.1. The van der Waals surface area contributed by atoms with Gasteiger partial charge in [0, 0.05) is 18.9 Å². The second kappa shape index (κ2) is 6.03. The minimum Gasteiger partial charge on any atom is -0.342 e. The molecule has 2 amide bonds. The van der Waals surface area contributed by atoms with E-state index < -0.39 is 12.1 Å². The molecule has 2 atom stereocenters. The van der Waals surface area contributed by atoms with Crippen molar-refractivity contribution in [2.75, 3.05) is 6.54 Å². The van der Waals surface area contributed by atoms with Crippen LogP contribution in [0, 0.1) is 5.92 Å². The molecule has 1 aliphatic heterocycles. The van der Waals surface area contributed by atoms with Gasteiger partial charge >= 0.3 is 0 Å². The lowest BCUT2D eigenvalue weighted by Crippen LogP contribution is -2.64. The number of rotatable bonds is 4. The SMILES string of the molecule is CC(C)C1NC(=O)C(C)N(CCc2ccncc2)C1=O. The summed E-state index contributed by atoms with van der Waals surface area (Å²) in [6, 6.07) is 3.05. The van der Waals surface area contributed by atoms with E-state index in [9.17, 15) is 9.59 Å². The highest BCUT2D eigenvalue weighted by atomic mass is 16.2. The molecular weight excluding hydrogens is 254 g/mol. The number of nitrogens with one attached hydrogen (secondary N) is 1. The van der Waals surface area contributed by atoms with Crippen LogP contribution in [-0.4, -0.2) is 40.3 Å². The molecule has 0 spiro atoms. The molecule has 5 nitrogen and oxygen atoms in total. The summed E-state index contributed by atoms with van der Waals surface area (Å²) in [6.07, 6.45) is 4.21. The summed E-state index contributed by atoms with van der Waals surface area (Å²) in [5.41, 5.74) is 1.12. The van der Waals surface area contributed by atoms with Crippen LogP contribution in [-0.2, 0) is 16.0 Å². The number of nitrogens with zero attached hydrogens (tertiary/aromatic N) is 2. The molecule has 0 aliphatic carbocycles. The third-order valence-electron chi connectivity index (χ3n) is 3.75. The molecule has 2 heterocycles. The average molecular weight is 275 g/mol. The molecule has 0 saturated carbocycles. The number of hydrogen-bond donors (Lipinski definition) is 1. The highest BCUT2D eigenvalue weighted by Crippen LogP contribution is 2.16. The van der Waals surface area contributed by atoms with Gasteiger partial charge < -0.3 is 10.2 Å². The van der Waals surface area contributed by atoms with E-state index >= 15 is 0 Å². The molecule has 20 heavy (non-hydrogen) atoms. The molecule has 5 heteroatoms. The minimum absolute atomic E-state index is 0.0150. The minimum atomic E-state index is -0.406. The number of hydrogen-bond acceptors (Lipinski definition) is 3. The van der Waals surface area contributed by atoms with Crippen LogP contribution in [0.3, 0.4) is 0 Å². The van der Waals surface area contributed by atoms with E-state index in [-0.39, 0.29) is 17.7 Å². The van der Waals surface area contributed by atoms with E-state index in [1.165, 1.54) is 0 Å². The molecule has 108 valence electrons. The van der Waals surface area contributed by atoms with Gasteiger partial charge in [0.05, 0.1) is 0 Å². The van der Waals surface area contributed by atoms with E-state index in [4.69, 9.17) is 0 Å². The number of carbonyl (C=O) groups excluding carboxylic acids is 2. The predicted molar refractivity (Wildman–Crippen MR) is 75.9 cm³/mol. The van der Waals surface area contributed by atoms with E-state index in [1.807, 2.05) is 26.0 Å². The van der Waals surface area contributed by atoms with Crippen molar-refractivity contribution in [1.29, 1.82) is 0 Å². The smallest absolute Gasteiger partial charge is 0.246 e. The number of carbonyl (C=O) groups is 2. The largest absolute Gasteiger partial charge is 0.342 e. The molecule has 0 aromatic carbocycles. The Balaban J connectivity index is 2.07. The van der Waals surface area contributed by atoms with Gasteiger partial charge in [-0.25, -0.2) is 0 Å². The molecule has 2 rings (SSSR count). The molecule has 0 radical (unpaired) electrons. The van der Waals surface area contributed by atoms with Crippen LogP contribution in [0.5, 0.6) is 0 Å². The zero-order valence-electron chi connectivity index (χ0n) is 12.2. The maximum atomic E-state index is 12.4. The van der Waals surface area contributed by atoms with Crippen molar-refractivity contribution in [1.82, 2.24) is 15.2 Å². The second-order valence-corrected chi connectivity index (χ2v) is 5.54. The van der Waals surface area contributed by atoms with Crippen molar-refractivity contribution >= 4 is 11.8 Å². The van der Waals surface area contributed by atoms with Crippen LogP contribution in [0.2, 0.25) is 0 Å². The van der Waals surface area contributed by atoms with Crippen molar-refractivity contribution in [2.24, 2.45) is 5.92 Å². The summed E-state index contributed by atoms with van der Waals surface area (Å²) in [6.45, 7) is 6.22. The first-order chi connectivity index (χ1) is 9.50. The van der Waals surface area contributed by atoms with Gasteiger partial charge in [-0.2, -0.15) is 0 Å². The highest BCUT2D eigenvalue weighted by Gasteiger charge is 2.38. The van der Waals surface area contributed by atoms with Gasteiger partial charge in [0.2, 0.25) is 11.8 Å². The van der Waals surface area contributed by atoms with Crippen LogP contribution in [0.1, 0.15) is 26.3 Å². The Morgan fingerprint density at radius 2 is 1.95 bits per heavy atom. The summed E-state index contributed by atoms with van der Waals surface area (Å²) in [5.74, 6) is 0.0431. The monoisotopic (exact) mass is 275 g/mol. The standard InChI is InChI=1S/C15H21N3O2/c1-10(2)13-15(20)18(11(3)14(19)17-13)9-6-12-4-7-16-8-5-12/h4-5,7-8,10-11,13H,6,9H2,1-3H3,(H,17,19). The fourth-order valence-electron chi connectivity index (χ4n) is 2.40. The molecular formula is C15H21N3O2. The Morgan fingerprint density at radius 3 is 2.55 bits per heavy atom. The van der Waals surface area contributed by atoms with Crippen LogP contribution < -0.4 is 5.32 Å². The zero-order valence-corrected chi connectivity index (χ0v) is 12.2. The highest BCUT2D eigenvalue weighted by molar-refractivity contribution is 5.96. The first kappa shape index (κ1) is 14.5. The van der Waals surface area contributed by atoms with Crippen molar-refractivity contribution in [2.45, 2.75) is 39.3 Å². The fraction of sp³-hybridized carbons (Fsp3) is 0.533. The first-order valence-corrected chi connectivity index (χ1v) is 7.00. The first-order valence-electron chi connectivity index (χ1n) is 7.00. The summed E-state index contributed by atoms with van der Waals surface area (Å²) in [7, 11) is 0. The van der Waals surface area contributed by atoms with Crippen molar-refractivity contribution in [3.05, 3.63) is 30.1 Å². The van der Waals surface area contributed by atoms with Crippen molar-refractivity contribution in [3.8, 4) is 0 Å². The lowest BCUT2D eigenvalue weighted by Gasteiger charge is -2.38. The summed E-state index contributed by atoms with van der Waals surface area (Å²) < 4.78 is 0. The van der Waals surface area contributed by atoms with E-state index in [1.54, 1.807) is 24.2 Å². The summed E-state index contributed by atoms with van der Waals surface area (Å²) in [5, 5.41) is 2.80. The third-order valence-corrected chi connectivity index (χ3v) is 3.75. The topological polar surface area (TPSA) is 62.3 Å². The van der Waals surface area contributed by atoms with E-state index in [2.05, 4.69) is 10.3 Å². The van der Waals surface area contributed by atoms with Gasteiger partial charge in [-0.3, -0.25) is 14.6 Å². The third kappa shape index (κ3) is 2.98. The van der Waals surface area contributed by atoms with Crippen molar-refractivity contribution in [3.63, 3.8) is 0 Å². The zero-order chi connectivity index (χ0) is 14.7. The Bertz CT molecular complexity index is 487. The maximum Gasteiger partial charge on any atom is 0.246 e. The predicted octanol–water partition coefficient (Wildman–Crippen LogP) is 0.996. The Labute approximate surface area is 119 Å². The molecule has 1 aliphatic rings. The molecule has 1 saturated heterocycles. The van der Waals surface area contributed by atoms with Crippen LogP contribution in [0.15, 0.2) is 24.5 Å². The second-order valence-electron chi connectivity index (χ2n) is 5.54. The Hall–Kier alpha value is -1.91. The molecule has 0 bridgehead atoms. The number of pyridine rings is 1. The molecule has 1 aromatic rings. The summed E-state index contributed by atoms with van der Waals surface area (Å²) >= 11 is 0. The Morgan fingerprint density at radius 1 is 1.30 bits per heavy atom. The van der Waals surface area contributed by atoms with Crippen LogP contribution in [0.4, 0.5) is 0 Å². The maximum absolute atomic E-state index is 12.4. The van der Waals surface area contributed by atoms with Gasteiger partial charge in [-0.15, -0.1) is 0 Å². The number of piperazine rings is 1. The molecule has 1 fully saturated rings. The number of amides is 2. The quantitative estimate of drug-likeness (QED) is 0.891. The number of aromatic nitrogens is 1. The molecule has 1 N–H and O–H groups in total. The van der Waals surface area contributed by atoms with Gasteiger partial charge in [-0.1, -0.05) is 13.8 Å². The average Bonchev–Trinajstić information content (AvgIpc) is 2.43. The van der Waals surface area contributed by atoms with E-state index in [0.29, 0.717) is 6.54 Å². The van der Waals surface area contributed by atoms with Gasteiger partial charge in [0.1, 0.15) is 12.1 Å². The van der Waals surface area contributed by atoms with Gasteiger partial charge in [-0.05, 0) is 37.0 Å². The fourth-order valence-corrected chi connectivity index (χ4v) is 2.40.